The van der Waals surface area contributed by atoms with Crippen LogP contribution in [-0.2, 0) is 0 Å². The van der Waals surface area contributed by atoms with Crippen molar-refractivity contribution < 1.29 is 4.92 Å². The summed E-state index contributed by atoms with van der Waals surface area (Å²) < 4.78 is 0. The van der Waals surface area contributed by atoms with Crippen molar-refractivity contribution >= 4 is 17.2 Å². The van der Waals surface area contributed by atoms with Crippen molar-refractivity contribution in [2.75, 3.05) is 37.2 Å². The molecule has 1 aromatic heterocycles. The molecule has 0 bridgehead atoms. The van der Waals surface area contributed by atoms with E-state index in [-0.39, 0.29) is 5.69 Å². The third-order valence-electron chi connectivity index (χ3n) is 3.28. The van der Waals surface area contributed by atoms with Crippen molar-refractivity contribution in [3.8, 4) is 0 Å². The number of aromatic nitrogens is 1. The minimum atomic E-state index is -0.499. The lowest BCUT2D eigenvalue weighted by Gasteiger charge is -2.26. The molecule has 1 fully saturated rings. The maximum absolute atomic E-state index is 10.6. The fourth-order valence-corrected chi connectivity index (χ4v) is 2.23. The lowest BCUT2D eigenvalue weighted by Crippen LogP contribution is -2.33. The fourth-order valence-electron chi connectivity index (χ4n) is 2.23. The van der Waals surface area contributed by atoms with Crippen LogP contribution in [-0.4, -0.2) is 41.0 Å². The largest absolute Gasteiger partial charge is 0.396 e. The Hall–Kier alpha value is -1.89. The van der Waals surface area contributed by atoms with Crippen LogP contribution in [0.15, 0.2) is 12.3 Å². The van der Waals surface area contributed by atoms with Gasteiger partial charge in [0.15, 0.2) is 0 Å². The highest BCUT2D eigenvalue weighted by atomic mass is 16.6. The van der Waals surface area contributed by atoms with Crippen LogP contribution >= 0.6 is 0 Å². The second-order valence-electron chi connectivity index (χ2n) is 4.72. The first-order chi connectivity index (χ1) is 10.2. The zero-order valence-corrected chi connectivity index (χ0v) is 12.8. The van der Waals surface area contributed by atoms with Crippen LogP contribution < -0.4 is 11.1 Å². The first-order valence-corrected chi connectivity index (χ1v) is 7.53. The van der Waals surface area contributed by atoms with Gasteiger partial charge in [-0.1, -0.05) is 20.3 Å². The highest BCUT2D eigenvalue weighted by molar-refractivity contribution is 5.64. The lowest BCUT2D eigenvalue weighted by molar-refractivity contribution is -0.385. The van der Waals surface area contributed by atoms with Gasteiger partial charge >= 0.3 is 0 Å². The zero-order valence-electron chi connectivity index (χ0n) is 12.8. The lowest BCUT2D eigenvalue weighted by atomic mass is 10.1. The molecular formula is C14H25N5O2. The second kappa shape index (κ2) is 9.12. The van der Waals surface area contributed by atoms with Crippen LogP contribution in [0, 0.1) is 10.1 Å². The topological polar surface area (TPSA) is 97.3 Å². The van der Waals surface area contributed by atoms with Crippen molar-refractivity contribution in [2.45, 2.75) is 33.1 Å². The molecule has 0 radical (unpaired) electrons. The number of pyridine rings is 1. The van der Waals surface area contributed by atoms with Gasteiger partial charge in [0.1, 0.15) is 12.0 Å². The number of nitrogens with two attached hydrogens (primary N) is 1. The van der Waals surface area contributed by atoms with Gasteiger partial charge in [-0.3, -0.25) is 10.1 Å². The van der Waals surface area contributed by atoms with E-state index < -0.39 is 4.92 Å². The molecule has 3 N–H and O–H groups in total. The van der Waals surface area contributed by atoms with E-state index in [1.54, 1.807) is 0 Å². The SMILES string of the molecule is CC.Nc1cc([N+](=O)[O-])cnc1NCCN1CCCCC1. The van der Waals surface area contributed by atoms with Gasteiger partial charge in [0.2, 0.25) is 0 Å². The second-order valence-corrected chi connectivity index (χ2v) is 4.72. The van der Waals surface area contributed by atoms with Gasteiger partial charge < -0.3 is 16.0 Å². The molecule has 7 heteroatoms. The number of rotatable bonds is 5. The molecule has 0 aromatic carbocycles. The summed E-state index contributed by atoms with van der Waals surface area (Å²) in [5, 5.41) is 13.7. The molecule has 0 amide bonds. The highest BCUT2D eigenvalue weighted by Gasteiger charge is 2.11. The first-order valence-electron chi connectivity index (χ1n) is 7.53. The van der Waals surface area contributed by atoms with E-state index in [9.17, 15) is 10.1 Å². The van der Waals surface area contributed by atoms with Crippen molar-refractivity contribution in [1.29, 1.82) is 0 Å². The first kappa shape index (κ1) is 17.2. The summed E-state index contributed by atoms with van der Waals surface area (Å²) in [6, 6.07) is 1.33. The predicted octanol–water partition coefficient (Wildman–Crippen LogP) is 2.50. The maximum atomic E-state index is 10.6. The van der Waals surface area contributed by atoms with E-state index in [0.29, 0.717) is 11.5 Å². The average Bonchev–Trinajstić information content (AvgIpc) is 2.52. The molecule has 2 rings (SSSR count). The molecule has 118 valence electrons. The van der Waals surface area contributed by atoms with Crippen molar-refractivity contribution in [2.24, 2.45) is 0 Å². The van der Waals surface area contributed by atoms with E-state index in [1.165, 1.54) is 31.5 Å². The number of hydrogen-bond donors (Lipinski definition) is 2. The number of piperidine rings is 1. The van der Waals surface area contributed by atoms with Gasteiger partial charge in [-0.25, -0.2) is 4.98 Å². The van der Waals surface area contributed by atoms with Gasteiger partial charge in [0.25, 0.3) is 5.69 Å². The number of anilines is 2. The Kier molecular flexibility index (Phi) is 7.45. The summed E-state index contributed by atoms with van der Waals surface area (Å²) in [5.74, 6) is 0.516. The van der Waals surface area contributed by atoms with Gasteiger partial charge in [0.05, 0.1) is 10.6 Å². The third-order valence-corrected chi connectivity index (χ3v) is 3.28. The smallest absolute Gasteiger partial charge is 0.289 e. The number of nitrogens with one attached hydrogen (secondary N) is 1. The normalized spacial score (nSPS) is 15.0. The standard InChI is InChI=1S/C12H19N5O2.C2H6/c13-11-8-10(17(18)19)9-15-12(11)14-4-7-16-5-2-1-3-6-16;1-2/h8-9H,1-7,13H2,(H,14,15);1-2H3. The number of nitrogens with zero attached hydrogens (tertiary/aromatic N) is 3. The molecule has 0 atom stereocenters. The van der Waals surface area contributed by atoms with E-state index in [2.05, 4.69) is 15.2 Å². The van der Waals surface area contributed by atoms with Gasteiger partial charge in [-0.2, -0.15) is 0 Å². The van der Waals surface area contributed by atoms with E-state index >= 15 is 0 Å². The molecule has 0 unspecified atom stereocenters. The van der Waals surface area contributed by atoms with Gasteiger partial charge in [-0.05, 0) is 25.9 Å². The minimum Gasteiger partial charge on any atom is -0.396 e. The molecule has 7 nitrogen and oxygen atoms in total. The van der Waals surface area contributed by atoms with Crippen LogP contribution in [0.1, 0.15) is 33.1 Å². The highest BCUT2D eigenvalue weighted by Crippen LogP contribution is 2.20. The average molecular weight is 295 g/mol. The van der Waals surface area contributed by atoms with Crippen LogP contribution in [0.4, 0.5) is 17.2 Å². The van der Waals surface area contributed by atoms with Crippen LogP contribution in [0.3, 0.4) is 0 Å². The summed E-state index contributed by atoms with van der Waals surface area (Å²) in [7, 11) is 0. The molecule has 1 aliphatic rings. The Morgan fingerprint density at radius 3 is 2.62 bits per heavy atom. The summed E-state index contributed by atoms with van der Waals surface area (Å²) in [6.45, 7) is 7.98. The number of likely N-dealkylation sites (tertiary alicyclic amines) is 1. The summed E-state index contributed by atoms with van der Waals surface area (Å²) in [4.78, 5) is 16.5. The van der Waals surface area contributed by atoms with Crippen molar-refractivity contribution in [3.63, 3.8) is 0 Å². The Bertz CT molecular complexity index is 447. The Balaban J connectivity index is 0.00000106. The minimum absolute atomic E-state index is 0.0842. The van der Waals surface area contributed by atoms with Crippen molar-refractivity contribution in [1.82, 2.24) is 9.88 Å². The van der Waals surface area contributed by atoms with Crippen LogP contribution in [0.5, 0.6) is 0 Å². The molecule has 21 heavy (non-hydrogen) atoms. The predicted molar refractivity (Wildman–Crippen MR) is 85.4 cm³/mol. The molecular weight excluding hydrogens is 270 g/mol. The van der Waals surface area contributed by atoms with Crippen LogP contribution in [0.2, 0.25) is 0 Å². The van der Waals surface area contributed by atoms with E-state index in [1.807, 2.05) is 13.8 Å². The monoisotopic (exact) mass is 295 g/mol. The quantitative estimate of drug-likeness (QED) is 0.640. The molecule has 1 aliphatic heterocycles. The Morgan fingerprint density at radius 1 is 1.38 bits per heavy atom. The van der Waals surface area contributed by atoms with Crippen LogP contribution in [0.25, 0.3) is 0 Å². The summed E-state index contributed by atoms with van der Waals surface area (Å²) >= 11 is 0. The van der Waals surface area contributed by atoms with Crippen molar-refractivity contribution in [3.05, 3.63) is 22.4 Å². The third kappa shape index (κ3) is 5.55. The Labute approximate surface area is 125 Å². The Morgan fingerprint density at radius 2 is 2.05 bits per heavy atom. The molecule has 1 aromatic rings. The van der Waals surface area contributed by atoms with E-state index in [4.69, 9.17) is 5.73 Å². The van der Waals surface area contributed by atoms with Gasteiger partial charge in [-0.15, -0.1) is 0 Å². The molecule has 0 spiro atoms. The molecule has 2 heterocycles. The zero-order chi connectivity index (χ0) is 15.7. The van der Waals surface area contributed by atoms with E-state index in [0.717, 1.165) is 26.2 Å². The number of hydrogen-bond acceptors (Lipinski definition) is 6. The molecule has 0 aliphatic carbocycles. The molecule has 0 saturated carbocycles. The fraction of sp³-hybridized carbons (Fsp3) is 0.643. The summed E-state index contributed by atoms with van der Waals surface area (Å²) in [5.41, 5.74) is 5.96. The number of nitrogen functional groups attached to an aromatic ring is 1. The molecule has 1 saturated heterocycles. The summed E-state index contributed by atoms with van der Waals surface area (Å²) in [6.07, 6.45) is 5.07. The number of nitro groups is 1. The maximum Gasteiger partial charge on any atom is 0.289 e. The van der Waals surface area contributed by atoms with Gasteiger partial charge in [0, 0.05) is 19.2 Å².